The zero-order valence-corrected chi connectivity index (χ0v) is 18.4. The first-order valence-corrected chi connectivity index (χ1v) is 10.9. The molecule has 0 aliphatic heterocycles. The van der Waals surface area contributed by atoms with Crippen molar-refractivity contribution >= 4 is 17.8 Å². The van der Waals surface area contributed by atoms with Gasteiger partial charge >= 0.3 is 11.9 Å². The molecule has 0 saturated heterocycles. The van der Waals surface area contributed by atoms with E-state index in [0.717, 1.165) is 11.3 Å². The van der Waals surface area contributed by atoms with Crippen molar-refractivity contribution in [3.8, 4) is 11.5 Å². The van der Waals surface area contributed by atoms with Crippen molar-refractivity contribution in [3.63, 3.8) is 0 Å². The first kappa shape index (κ1) is 23.3. The van der Waals surface area contributed by atoms with Crippen LogP contribution in [-0.2, 0) is 25.7 Å². The van der Waals surface area contributed by atoms with Crippen LogP contribution in [0.3, 0.4) is 0 Å². The molecule has 3 unspecified atom stereocenters. The van der Waals surface area contributed by atoms with E-state index in [9.17, 15) is 19.5 Å². The van der Waals surface area contributed by atoms with Gasteiger partial charge in [0.2, 0.25) is 5.91 Å². The Morgan fingerprint density at radius 1 is 1.03 bits per heavy atom. The van der Waals surface area contributed by atoms with Gasteiger partial charge < -0.3 is 19.9 Å². The maximum absolute atomic E-state index is 13.1. The highest BCUT2D eigenvalue weighted by Gasteiger charge is 2.64. The molecule has 2 aromatic rings. The maximum Gasteiger partial charge on any atom is 0.309 e. The molecular weight excluding hydrogens is 410 g/mol. The molecule has 0 aromatic heterocycles. The van der Waals surface area contributed by atoms with E-state index in [2.05, 4.69) is 5.32 Å². The molecule has 2 N–H and O–H groups in total. The van der Waals surface area contributed by atoms with Gasteiger partial charge in [-0.3, -0.25) is 14.4 Å². The minimum Gasteiger partial charge on any atom is -0.481 e. The van der Waals surface area contributed by atoms with E-state index in [4.69, 9.17) is 9.47 Å². The number of carboxylic acid groups (broad SMARTS) is 1. The highest BCUT2D eigenvalue weighted by Crippen LogP contribution is 2.55. The number of hydrogen-bond acceptors (Lipinski definition) is 5. The predicted molar refractivity (Wildman–Crippen MR) is 118 cm³/mol. The summed E-state index contributed by atoms with van der Waals surface area (Å²) in [5.41, 5.74) is -0.243. The smallest absolute Gasteiger partial charge is 0.309 e. The van der Waals surface area contributed by atoms with E-state index in [1.54, 1.807) is 6.92 Å². The number of carboxylic acids is 1. The molecule has 0 radical (unpaired) electrons. The number of hydrogen-bond donors (Lipinski definition) is 2. The van der Waals surface area contributed by atoms with Crippen molar-refractivity contribution in [1.29, 1.82) is 0 Å². The van der Waals surface area contributed by atoms with Crippen molar-refractivity contribution in [1.82, 2.24) is 5.32 Å². The molecule has 3 rings (SSSR count). The lowest BCUT2D eigenvalue weighted by Gasteiger charge is -2.50. The summed E-state index contributed by atoms with van der Waals surface area (Å²) in [6.07, 6.45) is 1.22. The largest absolute Gasteiger partial charge is 0.481 e. The van der Waals surface area contributed by atoms with Crippen LogP contribution in [0.2, 0.25) is 0 Å². The second-order valence-corrected chi connectivity index (χ2v) is 8.03. The summed E-state index contributed by atoms with van der Waals surface area (Å²) in [5, 5.41) is 12.6. The fourth-order valence-electron chi connectivity index (χ4n) is 4.45. The highest BCUT2D eigenvalue weighted by molar-refractivity contribution is 5.95. The molecule has 0 spiro atoms. The van der Waals surface area contributed by atoms with Crippen molar-refractivity contribution in [3.05, 3.63) is 60.2 Å². The Morgan fingerprint density at radius 3 is 2.28 bits per heavy atom. The number of rotatable bonds is 10. The van der Waals surface area contributed by atoms with Gasteiger partial charge in [-0.25, -0.2) is 0 Å². The van der Waals surface area contributed by atoms with Crippen molar-refractivity contribution in [2.75, 3.05) is 6.61 Å². The van der Waals surface area contributed by atoms with E-state index in [0.29, 0.717) is 18.6 Å². The lowest BCUT2D eigenvalue weighted by Crippen LogP contribution is -2.61. The molecule has 1 fully saturated rings. The zero-order valence-electron chi connectivity index (χ0n) is 18.4. The number of carbonyl (C=O) groups excluding carboxylic acids is 2. The Morgan fingerprint density at radius 2 is 1.69 bits per heavy atom. The number of ether oxygens (including phenoxy) is 2. The Bertz CT molecular complexity index is 943. The third kappa shape index (κ3) is 4.93. The summed E-state index contributed by atoms with van der Waals surface area (Å²) in [4.78, 5) is 37.2. The van der Waals surface area contributed by atoms with E-state index >= 15 is 0 Å². The monoisotopic (exact) mass is 439 g/mol. The number of nitrogens with one attached hydrogen (secondary N) is 1. The van der Waals surface area contributed by atoms with Crippen LogP contribution in [0.15, 0.2) is 54.6 Å². The molecular formula is C25H29NO6. The second kappa shape index (κ2) is 10.3. The maximum atomic E-state index is 13.1. The van der Waals surface area contributed by atoms with Crippen LogP contribution >= 0.6 is 0 Å². The van der Waals surface area contributed by atoms with E-state index in [1.165, 1.54) is 0 Å². The molecule has 0 bridgehead atoms. The van der Waals surface area contributed by atoms with Crippen LogP contribution < -0.4 is 10.1 Å². The number of benzene rings is 2. The molecule has 1 aliphatic carbocycles. The van der Waals surface area contributed by atoms with Gasteiger partial charge in [-0.2, -0.15) is 0 Å². The third-order valence-electron chi connectivity index (χ3n) is 5.94. The number of esters is 1. The highest BCUT2D eigenvalue weighted by atomic mass is 16.5. The van der Waals surface area contributed by atoms with Crippen LogP contribution in [0.25, 0.3) is 0 Å². The SMILES string of the molecule is CCCC1(C(=O)NCc2ccc(Oc3ccccc3)cc2)CC(C(=O)OCC)C1C(=O)O. The summed E-state index contributed by atoms with van der Waals surface area (Å²) in [5.74, 6) is -2.49. The predicted octanol–water partition coefficient (Wildman–Crippen LogP) is 4.17. The first-order chi connectivity index (χ1) is 15.4. The summed E-state index contributed by atoms with van der Waals surface area (Å²) >= 11 is 0. The quantitative estimate of drug-likeness (QED) is 0.539. The van der Waals surface area contributed by atoms with Crippen molar-refractivity contribution in [2.45, 2.75) is 39.7 Å². The molecule has 2 aromatic carbocycles. The van der Waals surface area contributed by atoms with Crippen LogP contribution in [-0.4, -0.2) is 29.6 Å². The molecule has 32 heavy (non-hydrogen) atoms. The van der Waals surface area contributed by atoms with Gasteiger partial charge in [0.05, 0.1) is 23.9 Å². The van der Waals surface area contributed by atoms with Crippen molar-refractivity contribution < 1.29 is 29.0 Å². The van der Waals surface area contributed by atoms with Gasteiger partial charge in [0.1, 0.15) is 11.5 Å². The van der Waals surface area contributed by atoms with E-state index in [1.807, 2.05) is 61.5 Å². The topological polar surface area (TPSA) is 102 Å². The van der Waals surface area contributed by atoms with Gasteiger partial charge in [-0.1, -0.05) is 43.7 Å². The molecule has 1 aliphatic rings. The van der Waals surface area contributed by atoms with Gasteiger partial charge in [0.25, 0.3) is 0 Å². The normalized spacial score (nSPS) is 21.8. The van der Waals surface area contributed by atoms with Gasteiger partial charge in [0, 0.05) is 6.54 Å². The fraction of sp³-hybridized carbons (Fsp3) is 0.400. The third-order valence-corrected chi connectivity index (χ3v) is 5.94. The molecule has 7 nitrogen and oxygen atoms in total. The van der Waals surface area contributed by atoms with Crippen LogP contribution in [0.4, 0.5) is 0 Å². The summed E-state index contributed by atoms with van der Waals surface area (Å²) in [6, 6.07) is 16.8. The van der Waals surface area contributed by atoms with Crippen LogP contribution in [0.5, 0.6) is 11.5 Å². The van der Waals surface area contributed by atoms with Gasteiger partial charge in [0.15, 0.2) is 0 Å². The van der Waals surface area contributed by atoms with Gasteiger partial charge in [-0.05, 0) is 49.6 Å². The molecule has 7 heteroatoms. The minimum atomic E-state index is -1.14. The van der Waals surface area contributed by atoms with Crippen molar-refractivity contribution in [2.24, 2.45) is 17.3 Å². The Labute approximate surface area is 187 Å². The summed E-state index contributed by atoms with van der Waals surface area (Å²) < 4.78 is 10.8. The first-order valence-electron chi connectivity index (χ1n) is 10.9. The molecule has 1 saturated carbocycles. The Kier molecular flexibility index (Phi) is 7.51. The molecule has 0 heterocycles. The minimum absolute atomic E-state index is 0.179. The molecule has 170 valence electrons. The fourth-order valence-corrected chi connectivity index (χ4v) is 4.45. The van der Waals surface area contributed by atoms with E-state index in [-0.39, 0.29) is 25.5 Å². The Hall–Kier alpha value is -3.35. The lowest BCUT2D eigenvalue weighted by atomic mass is 9.51. The van der Waals surface area contributed by atoms with Gasteiger partial charge in [-0.15, -0.1) is 0 Å². The summed E-state index contributed by atoms with van der Waals surface area (Å²) in [7, 11) is 0. The van der Waals surface area contributed by atoms with E-state index < -0.39 is 29.2 Å². The summed E-state index contributed by atoms with van der Waals surface area (Å²) in [6.45, 7) is 4.01. The standard InChI is InChI=1S/C25H29NO6/c1-3-14-25(15-20(21(25)22(27)28)23(29)31-4-2)24(30)26-16-17-10-12-19(13-11-17)32-18-8-6-5-7-9-18/h5-13,20-21H,3-4,14-16H2,1-2H3,(H,26,30)(H,27,28). The second-order valence-electron chi connectivity index (χ2n) is 8.03. The number of amides is 1. The Balaban J connectivity index is 1.65. The average Bonchev–Trinajstić information content (AvgIpc) is 2.76. The number of aliphatic carboxylic acids is 1. The number of para-hydroxylation sites is 1. The number of carbonyl (C=O) groups is 3. The molecule has 1 amide bonds. The molecule has 3 atom stereocenters. The zero-order chi connectivity index (χ0) is 23.1. The van der Waals surface area contributed by atoms with Crippen LogP contribution in [0.1, 0.15) is 38.7 Å². The lowest BCUT2D eigenvalue weighted by molar-refractivity contribution is -0.185. The van der Waals surface area contributed by atoms with Crippen LogP contribution in [0, 0.1) is 17.3 Å². The average molecular weight is 440 g/mol.